The highest BCUT2D eigenvalue weighted by Crippen LogP contribution is 2.28. The molecule has 6 heteroatoms. The largest absolute Gasteiger partial charge is 0.494 e. The zero-order valence-electron chi connectivity index (χ0n) is 18.3. The van der Waals surface area contributed by atoms with Crippen LogP contribution in [-0.2, 0) is 14.9 Å². The minimum absolute atomic E-state index is 0.0141. The van der Waals surface area contributed by atoms with Crippen LogP contribution in [-0.4, -0.2) is 42.4 Å². The highest BCUT2D eigenvalue weighted by atomic mass is 16.5. The van der Waals surface area contributed by atoms with E-state index in [4.69, 9.17) is 9.47 Å². The number of hydrogen-bond acceptors (Lipinski definition) is 5. The second-order valence-corrected chi connectivity index (χ2v) is 8.24. The van der Waals surface area contributed by atoms with Crippen molar-refractivity contribution in [2.75, 3.05) is 19.8 Å². The lowest BCUT2D eigenvalue weighted by Crippen LogP contribution is -2.33. The van der Waals surface area contributed by atoms with E-state index < -0.39 is 0 Å². The van der Waals surface area contributed by atoms with Crippen LogP contribution >= 0.6 is 0 Å². The number of fused-ring (bicyclic) bond motifs is 1. The molecule has 0 unspecified atom stereocenters. The van der Waals surface area contributed by atoms with Gasteiger partial charge < -0.3 is 9.47 Å². The van der Waals surface area contributed by atoms with Crippen LogP contribution in [0.25, 0.3) is 0 Å². The Morgan fingerprint density at radius 2 is 1.55 bits per heavy atom. The van der Waals surface area contributed by atoms with Gasteiger partial charge in [0.1, 0.15) is 12.4 Å². The number of carbonyl (C=O) groups is 3. The van der Waals surface area contributed by atoms with Crippen molar-refractivity contribution in [3.05, 3.63) is 65.2 Å². The molecule has 0 fully saturated rings. The molecule has 2 aromatic rings. The Labute approximate surface area is 183 Å². The normalized spacial score (nSPS) is 13.3. The lowest BCUT2D eigenvalue weighted by atomic mass is 9.82. The van der Waals surface area contributed by atoms with Crippen LogP contribution < -0.4 is 4.74 Å². The van der Waals surface area contributed by atoms with Gasteiger partial charge in [0.05, 0.1) is 24.3 Å². The summed E-state index contributed by atoms with van der Waals surface area (Å²) in [5, 5.41) is 0. The number of carbonyl (C=O) groups excluding carboxylic acids is 3. The van der Waals surface area contributed by atoms with E-state index in [1.54, 1.807) is 24.3 Å². The molecule has 1 heterocycles. The van der Waals surface area contributed by atoms with Gasteiger partial charge in [-0.2, -0.15) is 0 Å². The van der Waals surface area contributed by atoms with E-state index in [-0.39, 0.29) is 42.8 Å². The van der Waals surface area contributed by atoms with Crippen LogP contribution in [0.15, 0.2) is 48.5 Å². The summed E-state index contributed by atoms with van der Waals surface area (Å²) in [6, 6.07) is 14.7. The van der Waals surface area contributed by atoms with Crippen LogP contribution in [0.5, 0.6) is 5.75 Å². The number of ether oxygens (including phenoxy) is 2. The highest BCUT2D eigenvalue weighted by molar-refractivity contribution is 6.21. The molecule has 0 radical (unpaired) electrons. The molecular formula is C25H29NO5. The third-order valence-electron chi connectivity index (χ3n) is 5.77. The fourth-order valence-corrected chi connectivity index (χ4v) is 3.38. The van der Waals surface area contributed by atoms with Gasteiger partial charge in [0.2, 0.25) is 0 Å². The van der Waals surface area contributed by atoms with Crippen molar-refractivity contribution in [3.8, 4) is 5.75 Å². The SMILES string of the molecule is CCC(C)(C)c1ccc(OCCCC(=O)OCCN2C(=O)c3ccccc3C2=O)cc1. The molecule has 31 heavy (non-hydrogen) atoms. The Balaban J connectivity index is 1.34. The zero-order valence-corrected chi connectivity index (χ0v) is 18.3. The topological polar surface area (TPSA) is 72.9 Å². The van der Waals surface area contributed by atoms with Crippen molar-refractivity contribution in [1.29, 1.82) is 0 Å². The van der Waals surface area contributed by atoms with Gasteiger partial charge in [-0.3, -0.25) is 19.3 Å². The molecular weight excluding hydrogens is 394 g/mol. The summed E-state index contributed by atoms with van der Waals surface area (Å²) in [5.74, 6) is -0.299. The average molecular weight is 424 g/mol. The first kappa shape index (κ1) is 22.5. The van der Waals surface area contributed by atoms with Crippen molar-refractivity contribution in [3.63, 3.8) is 0 Å². The van der Waals surface area contributed by atoms with E-state index in [0.717, 1.165) is 17.1 Å². The van der Waals surface area contributed by atoms with Gasteiger partial charge in [0.25, 0.3) is 11.8 Å². The van der Waals surface area contributed by atoms with Crippen LogP contribution in [0.2, 0.25) is 0 Å². The quantitative estimate of drug-likeness (QED) is 0.322. The van der Waals surface area contributed by atoms with Crippen molar-refractivity contribution in [2.24, 2.45) is 0 Å². The summed E-state index contributed by atoms with van der Waals surface area (Å²) >= 11 is 0. The fourth-order valence-electron chi connectivity index (χ4n) is 3.38. The Kier molecular flexibility index (Phi) is 7.10. The standard InChI is InChI=1S/C25H29NO5/c1-4-25(2,3)18-11-13-19(14-12-18)30-16-7-10-22(27)31-17-15-26-23(28)20-8-5-6-9-21(20)24(26)29/h5-6,8-9,11-14H,4,7,10,15-17H2,1-3H3. The molecule has 0 aliphatic carbocycles. The zero-order chi connectivity index (χ0) is 22.4. The summed E-state index contributed by atoms with van der Waals surface area (Å²) < 4.78 is 10.9. The minimum Gasteiger partial charge on any atom is -0.494 e. The first-order chi connectivity index (χ1) is 14.8. The number of imide groups is 1. The Morgan fingerprint density at radius 1 is 0.935 bits per heavy atom. The maximum absolute atomic E-state index is 12.3. The molecule has 0 aromatic heterocycles. The van der Waals surface area contributed by atoms with Crippen LogP contribution in [0.1, 0.15) is 66.3 Å². The van der Waals surface area contributed by atoms with Gasteiger partial charge in [-0.25, -0.2) is 0 Å². The fraction of sp³-hybridized carbons (Fsp3) is 0.400. The van der Waals surface area contributed by atoms with Crippen LogP contribution in [0.3, 0.4) is 0 Å². The molecule has 0 saturated heterocycles. The molecule has 1 aliphatic rings. The van der Waals surface area contributed by atoms with E-state index in [9.17, 15) is 14.4 Å². The Morgan fingerprint density at radius 3 is 2.13 bits per heavy atom. The second-order valence-electron chi connectivity index (χ2n) is 8.24. The summed E-state index contributed by atoms with van der Waals surface area (Å²) in [6.07, 6.45) is 1.79. The highest BCUT2D eigenvalue weighted by Gasteiger charge is 2.34. The summed E-state index contributed by atoms with van der Waals surface area (Å²) in [4.78, 5) is 37.6. The van der Waals surface area contributed by atoms with Gasteiger partial charge >= 0.3 is 5.97 Å². The maximum Gasteiger partial charge on any atom is 0.305 e. The number of amides is 2. The van der Waals surface area contributed by atoms with Gasteiger partial charge in [-0.05, 0) is 48.1 Å². The molecule has 2 amide bonds. The van der Waals surface area contributed by atoms with E-state index in [2.05, 4.69) is 32.9 Å². The van der Waals surface area contributed by atoms with Crippen LogP contribution in [0.4, 0.5) is 0 Å². The summed E-state index contributed by atoms with van der Waals surface area (Å²) in [7, 11) is 0. The van der Waals surface area contributed by atoms with Gasteiger partial charge in [0, 0.05) is 6.42 Å². The maximum atomic E-state index is 12.3. The van der Waals surface area contributed by atoms with E-state index in [1.807, 2.05) is 12.1 Å². The smallest absolute Gasteiger partial charge is 0.305 e. The van der Waals surface area contributed by atoms with Gasteiger partial charge in [0.15, 0.2) is 0 Å². The molecule has 0 bridgehead atoms. The monoisotopic (exact) mass is 423 g/mol. The summed E-state index contributed by atoms with van der Waals surface area (Å²) in [5.41, 5.74) is 2.18. The molecule has 0 saturated carbocycles. The number of benzene rings is 2. The molecule has 164 valence electrons. The van der Waals surface area contributed by atoms with Crippen molar-refractivity contribution in [1.82, 2.24) is 4.90 Å². The Hall–Kier alpha value is -3.15. The third-order valence-corrected chi connectivity index (χ3v) is 5.77. The number of rotatable bonds is 10. The minimum atomic E-state index is -0.375. The Bertz CT molecular complexity index is 914. The van der Waals surface area contributed by atoms with E-state index >= 15 is 0 Å². The summed E-state index contributed by atoms with van der Waals surface area (Å²) in [6.45, 7) is 7.04. The van der Waals surface area contributed by atoms with Gasteiger partial charge in [-0.1, -0.05) is 45.0 Å². The number of hydrogen-bond donors (Lipinski definition) is 0. The molecule has 6 nitrogen and oxygen atoms in total. The van der Waals surface area contributed by atoms with Crippen molar-refractivity contribution >= 4 is 17.8 Å². The molecule has 0 N–H and O–H groups in total. The lowest BCUT2D eigenvalue weighted by Gasteiger charge is -2.23. The second kappa shape index (κ2) is 9.77. The van der Waals surface area contributed by atoms with Crippen molar-refractivity contribution in [2.45, 2.75) is 45.4 Å². The van der Waals surface area contributed by atoms with E-state index in [0.29, 0.717) is 24.2 Å². The third kappa shape index (κ3) is 5.32. The lowest BCUT2D eigenvalue weighted by molar-refractivity contribution is -0.144. The first-order valence-corrected chi connectivity index (χ1v) is 10.7. The van der Waals surface area contributed by atoms with Crippen molar-refractivity contribution < 1.29 is 23.9 Å². The molecule has 2 aromatic carbocycles. The molecule has 0 atom stereocenters. The number of nitrogens with zero attached hydrogens (tertiary/aromatic N) is 1. The van der Waals surface area contributed by atoms with Gasteiger partial charge in [-0.15, -0.1) is 0 Å². The predicted octanol–water partition coefficient (Wildman–Crippen LogP) is 4.37. The van der Waals surface area contributed by atoms with Crippen LogP contribution in [0, 0.1) is 0 Å². The predicted molar refractivity (Wildman–Crippen MR) is 117 cm³/mol. The molecule has 3 rings (SSSR count). The molecule has 0 spiro atoms. The molecule has 1 aliphatic heterocycles. The first-order valence-electron chi connectivity index (χ1n) is 10.7. The number of esters is 1. The average Bonchev–Trinajstić information content (AvgIpc) is 3.02. The van der Waals surface area contributed by atoms with E-state index in [1.165, 1.54) is 5.56 Å².